The zero-order chi connectivity index (χ0) is 16.6. The van der Waals surface area contributed by atoms with Crippen molar-refractivity contribution in [3.63, 3.8) is 0 Å². The third kappa shape index (κ3) is 2.93. The summed E-state index contributed by atoms with van der Waals surface area (Å²) < 4.78 is 29.7. The van der Waals surface area contributed by atoms with Crippen molar-refractivity contribution in [1.82, 2.24) is 13.9 Å². The Morgan fingerprint density at radius 2 is 2.00 bits per heavy atom. The molecular formula is C17H23N3O2S. The molecule has 1 aliphatic rings. The van der Waals surface area contributed by atoms with E-state index < -0.39 is 10.0 Å². The summed E-state index contributed by atoms with van der Waals surface area (Å²) in [5.41, 5.74) is 0.882. The van der Waals surface area contributed by atoms with Gasteiger partial charge in [0.05, 0.1) is 4.90 Å². The van der Waals surface area contributed by atoms with Crippen molar-refractivity contribution in [3.05, 3.63) is 48.0 Å². The Morgan fingerprint density at radius 3 is 2.65 bits per heavy atom. The number of rotatable bonds is 4. The van der Waals surface area contributed by atoms with Crippen LogP contribution in [0.3, 0.4) is 0 Å². The number of imidazole rings is 1. The lowest BCUT2D eigenvalue weighted by Crippen LogP contribution is -2.29. The molecule has 5 nitrogen and oxygen atoms in total. The molecule has 0 amide bonds. The summed E-state index contributed by atoms with van der Waals surface area (Å²) in [6.07, 6.45) is 4.48. The van der Waals surface area contributed by atoms with Gasteiger partial charge in [0.15, 0.2) is 0 Å². The maximum atomic E-state index is 13.1. The van der Waals surface area contributed by atoms with Gasteiger partial charge in [0.2, 0.25) is 10.0 Å². The van der Waals surface area contributed by atoms with Crippen LogP contribution in [0, 0.1) is 0 Å². The standard InChI is InChI=1S/C17H23N3O2S/c1-13(2)15-6-4-5-7-16(15)23(21,22)20-10-8-14(12-20)17-18-9-11-19(17)3/h4-7,9,11,13-14H,8,10,12H2,1-3H3. The van der Waals surface area contributed by atoms with Gasteiger partial charge in [-0.2, -0.15) is 4.31 Å². The Bertz CT molecular complexity index is 796. The second-order valence-electron chi connectivity index (χ2n) is 6.44. The van der Waals surface area contributed by atoms with E-state index in [9.17, 15) is 8.42 Å². The molecule has 1 aromatic heterocycles. The Hall–Kier alpha value is -1.66. The van der Waals surface area contributed by atoms with Gasteiger partial charge in [-0.15, -0.1) is 0 Å². The van der Waals surface area contributed by atoms with Gasteiger partial charge in [-0.05, 0) is 24.0 Å². The highest BCUT2D eigenvalue weighted by atomic mass is 32.2. The first-order valence-corrected chi connectivity index (χ1v) is 9.41. The molecular weight excluding hydrogens is 310 g/mol. The highest BCUT2D eigenvalue weighted by Gasteiger charge is 2.35. The topological polar surface area (TPSA) is 55.2 Å². The molecule has 0 bridgehead atoms. The molecule has 124 valence electrons. The lowest BCUT2D eigenvalue weighted by atomic mass is 10.0. The average molecular weight is 333 g/mol. The van der Waals surface area contributed by atoms with Crippen LogP contribution in [-0.2, 0) is 17.1 Å². The van der Waals surface area contributed by atoms with Gasteiger partial charge >= 0.3 is 0 Å². The predicted molar refractivity (Wildman–Crippen MR) is 89.9 cm³/mol. The van der Waals surface area contributed by atoms with Crippen LogP contribution < -0.4 is 0 Å². The first-order valence-electron chi connectivity index (χ1n) is 7.97. The van der Waals surface area contributed by atoms with Crippen LogP contribution >= 0.6 is 0 Å². The van der Waals surface area contributed by atoms with Crippen molar-refractivity contribution >= 4 is 10.0 Å². The molecule has 0 spiro atoms. The summed E-state index contributed by atoms with van der Waals surface area (Å²) in [6.45, 7) is 5.09. The molecule has 1 saturated heterocycles. The number of hydrogen-bond acceptors (Lipinski definition) is 3. The molecule has 1 aliphatic heterocycles. The van der Waals surface area contributed by atoms with Gasteiger partial charge in [-0.3, -0.25) is 0 Å². The third-order valence-electron chi connectivity index (χ3n) is 4.53. The average Bonchev–Trinajstić information content (AvgIpc) is 3.16. The third-order valence-corrected chi connectivity index (χ3v) is 6.47. The van der Waals surface area contributed by atoms with E-state index in [4.69, 9.17) is 0 Å². The summed E-state index contributed by atoms with van der Waals surface area (Å²) in [6, 6.07) is 7.32. The second kappa shape index (κ2) is 6.09. The van der Waals surface area contributed by atoms with Crippen molar-refractivity contribution < 1.29 is 8.42 Å². The van der Waals surface area contributed by atoms with Crippen molar-refractivity contribution in [1.29, 1.82) is 0 Å². The monoisotopic (exact) mass is 333 g/mol. The fourth-order valence-electron chi connectivity index (χ4n) is 3.26. The SMILES string of the molecule is CC(C)c1ccccc1S(=O)(=O)N1CCC(c2nccn2C)C1. The Morgan fingerprint density at radius 1 is 1.26 bits per heavy atom. The van der Waals surface area contributed by atoms with E-state index in [-0.39, 0.29) is 11.8 Å². The molecule has 0 aliphatic carbocycles. The van der Waals surface area contributed by atoms with Gasteiger partial charge in [-0.25, -0.2) is 13.4 Å². The fourth-order valence-corrected chi connectivity index (χ4v) is 5.11. The summed E-state index contributed by atoms with van der Waals surface area (Å²) >= 11 is 0. The molecule has 1 fully saturated rings. The summed E-state index contributed by atoms with van der Waals surface area (Å²) in [5, 5.41) is 0. The molecule has 1 atom stereocenters. The van der Waals surface area contributed by atoms with E-state index in [2.05, 4.69) is 4.98 Å². The lowest BCUT2D eigenvalue weighted by Gasteiger charge is -2.20. The quantitative estimate of drug-likeness (QED) is 0.864. The molecule has 2 aromatic rings. The summed E-state index contributed by atoms with van der Waals surface area (Å²) in [4.78, 5) is 4.81. The Balaban J connectivity index is 1.89. The minimum absolute atomic E-state index is 0.163. The summed E-state index contributed by atoms with van der Waals surface area (Å²) in [7, 11) is -1.50. The molecule has 0 radical (unpaired) electrons. The second-order valence-corrected chi connectivity index (χ2v) is 8.34. The Labute approximate surface area is 138 Å². The van der Waals surface area contributed by atoms with Crippen LogP contribution in [-0.4, -0.2) is 35.4 Å². The molecule has 2 heterocycles. The summed E-state index contributed by atoms with van der Waals surface area (Å²) in [5.74, 6) is 1.30. The highest BCUT2D eigenvalue weighted by molar-refractivity contribution is 7.89. The number of aromatic nitrogens is 2. The largest absolute Gasteiger partial charge is 0.338 e. The van der Waals surface area contributed by atoms with Crippen LogP contribution in [0.5, 0.6) is 0 Å². The molecule has 1 aromatic carbocycles. The fraction of sp³-hybridized carbons (Fsp3) is 0.471. The molecule has 6 heteroatoms. The highest BCUT2D eigenvalue weighted by Crippen LogP contribution is 2.32. The van der Waals surface area contributed by atoms with Crippen molar-refractivity contribution in [3.8, 4) is 0 Å². The molecule has 3 rings (SSSR count). The number of sulfonamides is 1. The maximum absolute atomic E-state index is 13.1. The molecule has 23 heavy (non-hydrogen) atoms. The van der Waals surface area contributed by atoms with Crippen LogP contribution in [0.1, 0.15) is 43.5 Å². The van der Waals surface area contributed by atoms with Crippen LogP contribution in [0.25, 0.3) is 0 Å². The lowest BCUT2D eigenvalue weighted by molar-refractivity contribution is 0.468. The van der Waals surface area contributed by atoms with Crippen molar-refractivity contribution in [2.24, 2.45) is 7.05 Å². The minimum Gasteiger partial charge on any atom is -0.338 e. The predicted octanol–water partition coefficient (Wildman–Crippen LogP) is 2.72. The maximum Gasteiger partial charge on any atom is 0.243 e. The molecule has 0 saturated carbocycles. The zero-order valence-corrected chi connectivity index (χ0v) is 14.6. The van der Waals surface area contributed by atoms with Gasteiger partial charge in [-0.1, -0.05) is 32.0 Å². The van der Waals surface area contributed by atoms with Crippen molar-refractivity contribution in [2.75, 3.05) is 13.1 Å². The zero-order valence-electron chi connectivity index (χ0n) is 13.8. The van der Waals surface area contributed by atoms with E-state index in [1.807, 2.05) is 43.8 Å². The van der Waals surface area contributed by atoms with E-state index in [1.54, 1.807) is 22.6 Å². The number of hydrogen-bond donors (Lipinski definition) is 0. The van der Waals surface area contributed by atoms with E-state index >= 15 is 0 Å². The van der Waals surface area contributed by atoms with Crippen molar-refractivity contribution in [2.45, 2.75) is 37.0 Å². The van der Waals surface area contributed by atoms with E-state index in [1.165, 1.54) is 0 Å². The van der Waals surface area contributed by atoms with Gasteiger partial charge < -0.3 is 4.57 Å². The van der Waals surface area contributed by atoms with Gasteiger partial charge in [0, 0.05) is 38.4 Å². The Kier molecular flexibility index (Phi) is 4.29. The van der Waals surface area contributed by atoms with Gasteiger partial charge in [0.25, 0.3) is 0 Å². The number of benzene rings is 1. The van der Waals surface area contributed by atoms with E-state index in [0.29, 0.717) is 18.0 Å². The van der Waals surface area contributed by atoms with Gasteiger partial charge in [0.1, 0.15) is 5.82 Å². The van der Waals surface area contributed by atoms with Crippen LogP contribution in [0.15, 0.2) is 41.6 Å². The molecule has 0 N–H and O–H groups in total. The number of aryl methyl sites for hydroxylation is 1. The number of nitrogens with zero attached hydrogens (tertiary/aromatic N) is 3. The minimum atomic E-state index is -3.45. The van der Waals surface area contributed by atoms with Crippen LogP contribution in [0.4, 0.5) is 0 Å². The van der Waals surface area contributed by atoms with Crippen LogP contribution in [0.2, 0.25) is 0 Å². The molecule has 1 unspecified atom stereocenters. The van der Waals surface area contributed by atoms with E-state index in [0.717, 1.165) is 17.8 Å². The smallest absolute Gasteiger partial charge is 0.243 e. The first-order chi connectivity index (χ1) is 10.9. The normalized spacial score (nSPS) is 19.6. The first kappa shape index (κ1) is 16.2.